The van der Waals surface area contributed by atoms with Crippen LogP contribution in [0.25, 0.3) is 11.4 Å². The number of aryl methyl sites for hydroxylation is 2. The summed E-state index contributed by atoms with van der Waals surface area (Å²) in [4.78, 5) is 20.7. The number of pyridine rings is 1. The molecular weight excluding hydrogens is 352 g/mol. The maximum atomic E-state index is 12.5. The highest BCUT2D eigenvalue weighted by molar-refractivity contribution is 6.29. The second-order valence-electron chi connectivity index (χ2n) is 6.21. The summed E-state index contributed by atoms with van der Waals surface area (Å²) < 4.78 is 5.19. The van der Waals surface area contributed by atoms with Gasteiger partial charge in [0.1, 0.15) is 5.15 Å². The molecule has 0 saturated heterocycles. The smallest absolute Gasteiger partial charge is 0.251 e. The molecule has 1 aromatic carbocycles. The molecule has 2 heterocycles. The van der Waals surface area contributed by atoms with Crippen molar-refractivity contribution < 1.29 is 9.32 Å². The van der Waals surface area contributed by atoms with Crippen molar-refractivity contribution in [2.45, 2.75) is 32.2 Å². The second-order valence-corrected chi connectivity index (χ2v) is 6.60. The summed E-state index contributed by atoms with van der Waals surface area (Å²) in [5, 5.41) is 7.41. The minimum Gasteiger partial charge on any atom is -0.345 e. The Labute approximate surface area is 155 Å². The van der Waals surface area contributed by atoms with Gasteiger partial charge >= 0.3 is 0 Å². The van der Waals surface area contributed by atoms with Crippen molar-refractivity contribution in [3.05, 3.63) is 64.3 Å². The molecule has 0 saturated carbocycles. The Bertz CT molecular complexity index is 970. The molecule has 4 rings (SSSR count). The van der Waals surface area contributed by atoms with E-state index in [0.29, 0.717) is 28.9 Å². The number of aromatic nitrogens is 3. The van der Waals surface area contributed by atoms with E-state index in [1.54, 1.807) is 12.1 Å². The second kappa shape index (κ2) is 6.88. The van der Waals surface area contributed by atoms with Gasteiger partial charge < -0.3 is 9.84 Å². The number of hydrogen-bond acceptors (Lipinski definition) is 5. The molecule has 0 radical (unpaired) electrons. The van der Waals surface area contributed by atoms with E-state index in [1.807, 2.05) is 19.1 Å². The van der Waals surface area contributed by atoms with Crippen LogP contribution in [-0.4, -0.2) is 21.0 Å². The zero-order chi connectivity index (χ0) is 18.1. The van der Waals surface area contributed by atoms with E-state index in [0.717, 1.165) is 24.0 Å². The molecule has 0 spiro atoms. The van der Waals surface area contributed by atoms with Gasteiger partial charge in [-0.05, 0) is 42.2 Å². The molecule has 0 fully saturated rings. The van der Waals surface area contributed by atoms with Gasteiger partial charge in [0.15, 0.2) is 0 Å². The lowest BCUT2D eigenvalue weighted by molar-refractivity contribution is 0.0936. The van der Waals surface area contributed by atoms with Crippen LogP contribution >= 0.6 is 11.6 Å². The van der Waals surface area contributed by atoms with Gasteiger partial charge in [0, 0.05) is 23.7 Å². The van der Waals surface area contributed by atoms with Crippen molar-refractivity contribution in [1.29, 1.82) is 0 Å². The summed E-state index contributed by atoms with van der Waals surface area (Å²) in [5.41, 5.74) is 3.76. The third-order valence-corrected chi connectivity index (χ3v) is 4.75. The lowest BCUT2D eigenvalue weighted by atomic mass is 10.0. The van der Waals surface area contributed by atoms with E-state index in [4.69, 9.17) is 16.1 Å². The molecule has 2 aromatic heterocycles. The van der Waals surface area contributed by atoms with E-state index in [2.05, 4.69) is 26.5 Å². The lowest BCUT2D eigenvalue weighted by Gasteiger charge is -2.14. The van der Waals surface area contributed by atoms with Crippen molar-refractivity contribution in [3.63, 3.8) is 0 Å². The molecule has 132 valence electrons. The number of hydrogen-bond donors (Lipinski definition) is 1. The van der Waals surface area contributed by atoms with E-state index in [-0.39, 0.29) is 11.9 Å². The van der Waals surface area contributed by atoms with E-state index in [1.165, 1.54) is 11.8 Å². The Morgan fingerprint density at radius 3 is 3.00 bits per heavy atom. The molecule has 3 aromatic rings. The highest BCUT2D eigenvalue weighted by atomic mass is 35.5. The number of nitrogens with one attached hydrogen (secondary N) is 1. The summed E-state index contributed by atoms with van der Waals surface area (Å²) in [6, 6.07) is 9.28. The van der Waals surface area contributed by atoms with Gasteiger partial charge in [0.25, 0.3) is 5.91 Å². The van der Waals surface area contributed by atoms with Crippen LogP contribution in [0.5, 0.6) is 0 Å². The standard InChI is InChI=1S/C19H17ClN4O2/c1-2-17-23-18(24-26-17)12-3-5-14-11(9-12)4-6-15(14)22-19(25)13-7-8-21-16(20)10-13/h3,5,7-10,15H,2,4,6H2,1H3,(H,22,25)/t15-/m1/s1. The van der Waals surface area contributed by atoms with Gasteiger partial charge in [0.05, 0.1) is 6.04 Å². The largest absolute Gasteiger partial charge is 0.345 e. The topological polar surface area (TPSA) is 80.9 Å². The van der Waals surface area contributed by atoms with Crippen LogP contribution in [0, 0.1) is 0 Å². The molecular formula is C19H17ClN4O2. The number of benzene rings is 1. The number of carbonyl (C=O) groups excluding carboxylic acids is 1. The van der Waals surface area contributed by atoms with E-state index in [9.17, 15) is 4.79 Å². The molecule has 0 bridgehead atoms. The quantitative estimate of drug-likeness (QED) is 0.709. The summed E-state index contributed by atoms with van der Waals surface area (Å²) in [5.74, 6) is 1.08. The highest BCUT2D eigenvalue weighted by Gasteiger charge is 2.25. The molecule has 1 amide bonds. The Kier molecular flexibility index (Phi) is 4.42. The summed E-state index contributed by atoms with van der Waals surface area (Å²) >= 11 is 5.86. The van der Waals surface area contributed by atoms with Crippen molar-refractivity contribution in [1.82, 2.24) is 20.4 Å². The molecule has 1 N–H and O–H groups in total. The molecule has 0 aliphatic heterocycles. The van der Waals surface area contributed by atoms with Crippen LogP contribution in [0.2, 0.25) is 5.15 Å². The maximum Gasteiger partial charge on any atom is 0.251 e. The molecule has 0 unspecified atom stereocenters. The van der Waals surface area contributed by atoms with Gasteiger partial charge in [-0.3, -0.25) is 4.79 Å². The fourth-order valence-corrected chi connectivity index (χ4v) is 3.38. The fraction of sp³-hybridized carbons (Fsp3) is 0.263. The third kappa shape index (κ3) is 3.20. The number of halogens is 1. The van der Waals surface area contributed by atoms with Gasteiger partial charge in [-0.2, -0.15) is 4.98 Å². The van der Waals surface area contributed by atoms with Crippen molar-refractivity contribution in [2.75, 3.05) is 0 Å². The Balaban J connectivity index is 1.53. The number of carbonyl (C=O) groups is 1. The first-order valence-electron chi connectivity index (χ1n) is 8.52. The molecule has 6 nitrogen and oxygen atoms in total. The van der Waals surface area contributed by atoms with Crippen LogP contribution in [-0.2, 0) is 12.8 Å². The predicted molar refractivity (Wildman–Crippen MR) is 96.9 cm³/mol. The first-order valence-corrected chi connectivity index (χ1v) is 8.90. The number of fused-ring (bicyclic) bond motifs is 1. The summed E-state index contributed by atoms with van der Waals surface area (Å²) in [6.45, 7) is 1.98. The zero-order valence-electron chi connectivity index (χ0n) is 14.2. The SMILES string of the molecule is CCc1nc(-c2ccc3c(c2)CC[C@H]3NC(=O)c2ccnc(Cl)c2)no1. The normalized spacial score (nSPS) is 15.7. The first kappa shape index (κ1) is 16.7. The summed E-state index contributed by atoms with van der Waals surface area (Å²) in [6.07, 6.45) is 3.99. The van der Waals surface area contributed by atoms with Gasteiger partial charge in [-0.1, -0.05) is 35.8 Å². The third-order valence-electron chi connectivity index (χ3n) is 4.54. The lowest BCUT2D eigenvalue weighted by Crippen LogP contribution is -2.27. The van der Waals surface area contributed by atoms with Crippen LogP contribution in [0.4, 0.5) is 0 Å². The Hall–Kier alpha value is -2.73. The molecule has 1 aliphatic carbocycles. The Morgan fingerprint density at radius 2 is 2.23 bits per heavy atom. The number of amides is 1. The monoisotopic (exact) mass is 368 g/mol. The minimum absolute atomic E-state index is 0.0186. The van der Waals surface area contributed by atoms with Crippen LogP contribution in [0.15, 0.2) is 41.1 Å². The van der Waals surface area contributed by atoms with Crippen LogP contribution < -0.4 is 5.32 Å². The van der Waals surface area contributed by atoms with E-state index >= 15 is 0 Å². The fourth-order valence-electron chi connectivity index (χ4n) is 3.21. The van der Waals surface area contributed by atoms with Crippen LogP contribution in [0.3, 0.4) is 0 Å². The number of nitrogens with zero attached hydrogens (tertiary/aromatic N) is 3. The Morgan fingerprint density at radius 1 is 1.35 bits per heavy atom. The average molecular weight is 369 g/mol. The number of rotatable bonds is 4. The van der Waals surface area contributed by atoms with E-state index < -0.39 is 0 Å². The van der Waals surface area contributed by atoms with Gasteiger partial charge in [-0.25, -0.2) is 4.98 Å². The van der Waals surface area contributed by atoms with Crippen molar-refractivity contribution in [2.24, 2.45) is 0 Å². The highest BCUT2D eigenvalue weighted by Crippen LogP contribution is 2.34. The van der Waals surface area contributed by atoms with Crippen molar-refractivity contribution in [3.8, 4) is 11.4 Å². The molecule has 26 heavy (non-hydrogen) atoms. The molecule has 7 heteroatoms. The van der Waals surface area contributed by atoms with Crippen LogP contribution in [0.1, 0.15) is 46.8 Å². The predicted octanol–water partition coefficient (Wildman–Crippen LogP) is 3.76. The summed E-state index contributed by atoms with van der Waals surface area (Å²) in [7, 11) is 0. The molecule has 1 aliphatic rings. The van der Waals surface area contributed by atoms with Crippen molar-refractivity contribution >= 4 is 17.5 Å². The molecule has 1 atom stereocenters. The first-order chi connectivity index (χ1) is 12.6. The van der Waals surface area contributed by atoms with Gasteiger partial charge in [0.2, 0.25) is 11.7 Å². The van der Waals surface area contributed by atoms with Gasteiger partial charge in [-0.15, -0.1) is 0 Å². The average Bonchev–Trinajstić information content (AvgIpc) is 3.28. The minimum atomic E-state index is -0.151. The maximum absolute atomic E-state index is 12.5. The zero-order valence-corrected chi connectivity index (χ0v) is 15.0.